The Balaban J connectivity index is 3.62. The van der Waals surface area contributed by atoms with Crippen molar-refractivity contribution >= 4 is 26.0 Å². The monoisotopic (exact) mass is 244 g/mol. The maximum atomic E-state index is 10.5. The van der Waals surface area contributed by atoms with Gasteiger partial charge >= 0.3 is 0 Å². The van der Waals surface area contributed by atoms with E-state index in [1.165, 1.54) is 6.92 Å². The lowest BCUT2D eigenvalue weighted by Crippen LogP contribution is -2.16. The van der Waals surface area contributed by atoms with Gasteiger partial charge < -0.3 is 0 Å². The zero-order valence-corrected chi connectivity index (χ0v) is 8.86. The molecule has 0 amide bonds. The van der Waals surface area contributed by atoms with E-state index in [-0.39, 0.29) is 0 Å². The van der Waals surface area contributed by atoms with Gasteiger partial charge in [0.25, 0.3) is 10.1 Å². The highest BCUT2D eigenvalue weighted by Crippen LogP contribution is 2.08. The van der Waals surface area contributed by atoms with Crippen LogP contribution < -0.4 is 0 Å². The Kier molecular flexibility index (Phi) is 5.29. The quantitative estimate of drug-likeness (QED) is 0.456. The second-order valence-electron chi connectivity index (χ2n) is 2.51. The van der Waals surface area contributed by atoms with Crippen molar-refractivity contribution in [3.05, 3.63) is 0 Å². The van der Waals surface area contributed by atoms with Crippen LogP contribution in [-0.2, 0) is 10.1 Å². The van der Waals surface area contributed by atoms with Gasteiger partial charge in [-0.25, -0.2) is 0 Å². The number of hydrogen-bond donors (Lipinski definition) is 1. The molecule has 68 valence electrons. The highest BCUT2D eigenvalue weighted by molar-refractivity contribution is 9.09. The molecule has 0 aliphatic heterocycles. The van der Waals surface area contributed by atoms with Crippen LogP contribution in [0.5, 0.6) is 0 Å². The van der Waals surface area contributed by atoms with E-state index in [4.69, 9.17) is 4.55 Å². The molecule has 0 aromatic rings. The van der Waals surface area contributed by atoms with Gasteiger partial charge in [0.05, 0.1) is 5.25 Å². The third-order valence-electron chi connectivity index (χ3n) is 1.50. The fraction of sp³-hybridized carbons (Fsp3) is 1.00. The molecule has 1 atom stereocenters. The smallest absolute Gasteiger partial charge is 0.267 e. The summed E-state index contributed by atoms with van der Waals surface area (Å²) in [7, 11) is -3.80. The molecule has 0 radical (unpaired) electrons. The maximum Gasteiger partial charge on any atom is 0.267 e. The van der Waals surface area contributed by atoms with Crippen LogP contribution in [0.3, 0.4) is 0 Å². The number of unbranched alkanes of at least 4 members (excludes halogenated alkanes) is 1. The van der Waals surface area contributed by atoms with E-state index in [9.17, 15) is 8.42 Å². The predicted octanol–water partition coefficient (Wildman–Crippen LogP) is 1.83. The summed E-state index contributed by atoms with van der Waals surface area (Å²) in [5, 5.41) is 0.257. The van der Waals surface area contributed by atoms with E-state index in [0.29, 0.717) is 6.42 Å². The van der Waals surface area contributed by atoms with Crippen LogP contribution >= 0.6 is 15.9 Å². The molecule has 0 bridgehead atoms. The molecule has 3 nitrogen and oxygen atoms in total. The largest absolute Gasteiger partial charge is 0.285 e. The fourth-order valence-corrected chi connectivity index (χ4v) is 1.54. The van der Waals surface area contributed by atoms with Crippen LogP contribution in [0.4, 0.5) is 0 Å². The molecule has 5 heteroatoms. The van der Waals surface area contributed by atoms with Crippen LogP contribution in [0.25, 0.3) is 0 Å². The lowest BCUT2D eigenvalue weighted by atomic mass is 10.2. The van der Waals surface area contributed by atoms with Crippen molar-refractivity contribution in [1.29, 1.82) is 0 Å². The minimum Gasteiger partial charge on any atom is -0.285 e. The average molecular weight is 245 g/mol. The van der Waals surface area contributed by atoms with Crippen LogP contribution in [0.2, 0.25) is 0 Å². The molecule has 0 aromatic heterocycles. The van der Waals surface area contributed by atoms with E-state index in [2.05, 4.69) is 15.9 Å². The molecule has 0 fully saturated rings. The van der Waals surface area contributed by atoms with Crippen LogP contribution in [0.1, 0.15) is 26.2 Å². The van der Waals surface area contributed by atoms with Crippen molar-refractivity contribution in [2.45, 2.75) is 31.4 Å². The minimum atomic E-state index is -3.80. The van der Waals surface area contributed by atoms with Gasteiger partial charge in [0.15, 0.2) is 0 Å². The first-order chi connectivity index (χ1) is 4.98. The Morgan fingerprint density at radius 1 is 1.45 bits per heavy atom. The molecule has 11 heavy (non-hydrogen) atoms. The SMILES string of the molecule is CC(CCCCBr)S(=O)(=O)O. The summed E-state index contributed by atoms with van der Waals surface area (Å²) in [6, 6.07) is 0. The summed E-state index contributed by atoms with van der Waals surface area (Å²) in [5.41, 5.74) is 0. The summed E-state index contributed by atoms with van der Waals surface area (Å²) in [5.74, 6) is 0. The fourth-order valence-electron chi connectivity index (χ4n) is 0.675. The number of halogens is 1. The minimum absolute atomic E-state index is 0.532. The van der Waals surface area contributed by atoms with Crippen molar-refractivity contribution < 1.29 is 13.0 Å². The van der Waals surface area contributed by atoms with Gasteiger partial charge in [0.1, 0.15) is 0 Å². The first kappa shape index (κ1) is 11.4. The second kappa shape index (κ2) is 5.11. The van der Waals surface area contributed by atoms with Gasteiger partial charge in [-0.15, -0.1) is 0 Å². The standard InChI is InChI=1S/C6H13BrO3S/c1-6(11(8,9)10)4-2-3-5-7/h6H,2-5H2,1H3,(H,8,9,10). The Morgan fingerprint density at radius 3 is 2.36 bits per heavy atom. The summed E-state index contributed by atoms with van der Waals surface area (Å²) < 4.78 is 29.5. The summed E-state index contributed by atoms with van der Waals surface area (Å²) in [6.45, 7) is 1.52. The molecule has 0 aliphatic carbocycles. The zero-order valence-electron chi connectivity index (χ0n) is 6.46. The van der Waals surface area contributed by atoms with Gasteiger partial charge in [0.2, 0.25) is 0 Å². The van der Waals surface area contributed by atoms with E-state index in [1.54, 1.807) is 0 Å². The molecule has 0 saturated heterocycles. The lowest BCUT2D eigenvalue weighted by molar-refractivity contribution is 0.464. The van der Waals surface area contributed by atoms with Crippen molar-refractivity contribution in [3.8, 4) is 0 Å². The lowest BCUT2D eigenvalue weighted by Gasteiger charge is -2.05. The van der Waals surface area contributed by atoms with Gasteiger partial charge in [-0.1, -0.05) is 22.4 Å². The molecule has 0 saturated carbocycles. The van der Waals surface area contributed by atoms with Crippen LogP contribution in [-0.4, -0.2) is 23.6 Å². The third-order valence-corrected chi connectivity index (χ3v) is 3.32. The van der Waals surface area contributed by atoms with Gasteiger partial charge in [-0.3, -0.25) is 4.55 Å². The van der Waals surface area contributed by atoms with Crippen molar-refractivity contribution in [2.24, 2.45) is 0 Å². The van der Waals surface area contributed by atoms with Gasteiger partial charge in [-0.05, 0) is 19.8 Å². The third kappa shape index (κ3) is 5.64. The second-order valence-corrected chi connectivity index (χ2v) is 5.14. The summed E-state index contributed by atoms with van der Waals surface area (Å²) in [6.07, 6.45) is 2.30. The Labute approximate surface area is 76.1 Å². The first-order valence-electron chi connectivity index (χ1n) is 3.50. The Bertz CT molecular complexity index is 188. The summed E-state index contributed by atoms with van der Waals surface area (Å²) >= 11 is 3.24. The molecule has 1 unspecified atom stereocenters. The summed E-state index contributed by atoms with van der Waals surface area (Å²) in [4.78, 5) is 0. The number of alkyl halides is 1. The van der Waals surface area contributed by atoms with Crippen molar-refractivity contribution in [2.75, 3.05) is 5.33 Å². The maximum absolute atomic E-state index is 10.5. The highest BCUT2D eigenvalue weighted by atomic mass is 79.9. The van der Waals surface area contributed by atoms with E-state index in [1.807, 2.05) is 0 Å². The molecule has 0 heterocycles. The van der Waals surface area contributed by atoms with Gasteiger partial charge in [-0.2, -0.15) is 8.42 Å². The van der Waals surface area contributed by atoms with Crippen molar-refractivity contribution in [3.63, 3.8) is 0 Å². The molecule has 0 spiro atoms. The van der Waals surface area contributed by atoms with Crippen molar-refractivity contribution in [1.82, 2.24) is 0 Å². The number of rotatable bonds is 5. The van der Waals surface area contributed by atoms with Crippen LogP contribution in [0.15, 0.2) is 0 Å². The first-order valence-corrected chi connectivity index (χ1v) is 6.13. The highest BCUT2D eigenvalue weighted by Gasteiger charge is 2.15. The topological polar surface area (TPSA) is 54.4 Å². The molecule has 0 rings (SSSR count). The predicted molar refractivity (Wildman–Crippen MR) is 48.7 cm³/mol. The van der Waals surface area contributed by atoms with E-state index in [0.717, 1.165) is 18.2 Å². The molecule has 1 N–H and O–H groups in total. The zero-order chi connectivity index (χ0) is 8.91. The Hall–Kier alpha value is 0.390. The normalized spacial score (nSPS) is 14.8. The molecule has 0 aromatic carbocycles. The van der Waals surface area contributed by atoms with E-state index >= 15 is 0 Å². The van der Waals surface area contributed by atoms with Gasteiger partial charge in [0, 0.05) is 5.33 Å². The average Bonchev–Trinajstić information content (AvgIpc) is 1.86. The van der Waals surface area contributed by atoms with E-state index < -0.39 is 15.4 Å². The molecular formula is C6H13BrO3S. The molecule has 0 aliphatic rings. The number of hydrogen-bond acceptors (Lipinski definition) is 2. The van der Waals surface area contributed by atoms with Crippen LogP contribution in [0, 0.1) is 0 Å². The Morgan fingerprint density at radius 2 is 2.00 bits per heavy atom. The molecular weight excluding hydrogens is 232 g/mol.